The highest BCUT2D eigenvalue weighted by atomic mass is 35.5. The van der Waals surface area contributed by atoms with E-state index in [0.29, 0.717) is 39.6 Å². The third-order valence-corrected chi connectivity index (χ3v) is 7.48. The van der Waals surface area contributed by atoms with Gasteiger partial charge in [-0.25, -0.2) is 8.42 Å². The van der Waals surface area contributed by atoms with Gasteiger partial charge >= 0.3 is 0 Å². The van der Waals surface area contributed by atoms with Crippen LogP contribution in [0.1, 0.15) is 22.5 Å². The minimum atomic E-state index is -3.46. The van der Waals surface area contributed by atoms with Crippen LogP contribution in [-0.4, -0.2) is 36.1 Å². The Kier molecular flexibility index (Phi) is 4.90. The first-order valence-corrected chi connectivity index (χ1v) is 11.0. The Morgan fingerprint density at radius 2 is 1.81 bits per heavy atom. The molecule has 6 nitrogen and oxygen atoms in total. The van der Waals surface area contributed by atoms with Crippen molar-refractivity contribution in [1.29, 1.82) is 0 Å². The quantitative estimate of drug-likeness (QED) is 0.690. The molecule has 1 aromatic heterocycles. The summed E-state index contributed by atoms with van der Waals surface area (Å²) in [5.74, 6) is -0.306. The van der Waals surface area contributed by atoms with E-state index in [1.165, 1.54) is 16.4 Å². The van der Waals surface area contributed by atoms with E-state index in [1.54, 1.807) is 30.3 Å². The highest BCUT2D eigenvalue weighted by Gasteiger charge is 2.27. The molecule has 0 bridgehead atoms. The number of hydrogen-bond acceptors (Lipinski definition) is 5. The zero-order valence-electron chi connectivity index (χ0n) is 14.2. The summed E-state index contributed by atoms with van der Waals surface area (Å²) >= 11 is 7.11. The van der Waals surface area contributed by atoms with Gasteiger partial charge in [-0.2, -0.15) is 8.68 Å². The van der Waals surface area contributed by atoms with E-state index < -0.39 is 10.0 Å². The maximum atomic E-state index is 12.6. The van der Waals surface area contributed by atoms with Crippen LogP contribution in [0.25, 0.3) is 10.9 Å². The second-order valence-electron chi connectivity index (χ2n) is 6.26. The number of fused-ring (bicyclic) bond motifs is 1. The van der Waals surface area contributed by atoms with Gasteiger partial charge in [-0.15, -0.1) is 0 Å². The van der Waals surface area contributed by atoms with Crippen LogP contribution in [0.4, 0.5) is 5.69 Å². The van der Waals surface area contributed by atoms with Gasteiger partial charge in [0.1, 0.15) is 4.88 Å². The lowest BCUT2D eigenvalue weighted by Gasteiger charge is -2.15. The summed E-state index contributed by atoms with van der Waals surface area (Å²) in [6, 6.07) is 11.4. The maximum Gasteiger partial charge on any atom is 0.268 e. The molecule has 27 heavy (non-hydrogen) atoms. The first-order chi connectivity index (χ1) is 12.9. The first kappa shape index (κ1) is 18.4. The van der Waals surface area contributed by atoms with E-state index in [-0.39, 0.29) is 10.8 Å². The van der Waals surface area contributed by atoms with Gasteiger partial charge in [0, 0.05) is 29.2 Å². The smallest absolute Gasteiger partial charge is 0.268 e. The number of hydrogen-bond donors (Lipinski definition) is 1. The van der Waals surface area contributed by atoms with Crippen LogP contribution in [0.2, 0.25) is 5.02 Å². The van der Waals surface area contributed by atoms with Crippen molar-refractivity contribution in [2.24, 2.45) is 0 Å². The Bertz CT molecular complexity index is 1100. The fourth-order valence-corrected chi connectivity index (χ4v) is 5.49. The minimum absolute atomic E-state index is 0.234. The van der Waals surface area contributed by atoms with Crippen LogP contribution in [-0.2, 0) is 10.0 Å². The summed E-state index contributed by atoms with van der Waals surface area (Å²) in [7, 11) is -3.46. The normalized spacial score (nSPS) is 15.3. The summed E-state index contributed by atoms with van der Waals surface area (Å²) in [5, 5.41) is 4.01. The average molecular weight is 422 g/mol. The predicted molar refractivity (Wildman–Crippen MR) is 107 cm³/mol. The lowest BCUT2D eigenvalue weighted by Crippen LogP contribution is -2.27. The molecular weight excluding hydrogens is 406 g/mol. The molecule has 9 heteroatoms. The van der Waals surface area contributed by atoms with Crippen LogP contribution < -0.4 is 5.32 Å². The first-order valence-electron chi connectivity index (χ1n) is 8.42. The second-order valence-corrected chi connectivity index (χ2v) is 9.41. The zero-order chi connectivity index (χ0) is 19.0. The Balaban J connectivity index is 1.54. The molecule has 4 rings (SSSR count). The van der Waals surface area contributed by atoms with Gasteiger partial charge in [-0.3, -0.25) is 4.79 Å². The molecule has 1 amide bonds. The lowest BCUT2D eigenvalue weighted by molar-refractivity contribution is 0.103. The molecular formula is C18H16ClN3O3S2. The Labute approximate surface area is 166 Å². The summed E-state index contributed by atoms with van der Waals surface area (Å²) in [6.07, 6.45) is 1.78. The van der Waals surface area contributed by atoms with Gasteiger partial charge in [0.05, 0.1) is 10.4 Å². The molecule has 0 atom stereocenters. The maximum absolute atomic E-state index is 12.6. The molecule has 3 aromatic rings. The van der Waals surface area contributed by atoms with Gasteiger partial charge in [0.25, 0.3) is 5.91 Å². The third-order valence-electron chi connectivity index (χ3n) is 4.46. The summed E-state index contributed by atoms with van der Waals surface area (Å²) in [5.41, 5.74) is 1.23. The molecule has 0 saturated carbocycles. The fourth-order valence-electron chi connectivity index (χ4n) is 3.05. The Morgan fingerprint density at radius 3 is 2.52 bits per heavy atom. The number of carbonyl (C=O) groups excluding carboxylic acids is 1. The highest BCUT2D eigenvalue weighted by Crippen LogP contribution is 2.27. The van der Waals surface area contributed by atoms with Crippen LogP contribution in [0.3, 0.4) is 0 Å². The molecule has 140 valence electrons. The molecule has 1 aliphatic rings. The van der Waals surface area contributed by atoms with Crippen molar-refractivity contribution in [2.45, 2.75) is 17.7 Å². The number of amides is 1. The molecule has 0 radical (unpaired) electrons. The van der Waals surface area contributed by atoms with E-state index in [4.69, 9.17) is 11.6 Å². The van der Waals surface area contributed by atoms with Crippen molar-refractivity contribution in [2.75, 3.05) is 18.4 Å². The Morgan fingerprint density at radius 1 is 1.11 bits per heavy atom. The van der Waals surface area contributed by atoms with E-state index in [0.717, 1.165) is 24.4 Å². The molecule has 2 heterocycles. The number of benzene rings is 2. The lowest BCUT2D eigenvalue weighted by atomic mass is 10.2. The van der Waals surface area contributed by atoms with Crippen LogP contribution in [0, 0.1) is 0 Å². The molecule has 0 spiro atoms. The van der Waals surface area contributed by atoms with Crippen molar-refractivity contribution >= 4 is 55.7 Å². The minimum Gasteiger partial charge on any atom is -0.321 e. The molecule has 1 saturated heterocycles. The van der Waals surface area contributed by atoms with Crippen LogP contribution in [0.15, 0.2) is 47.4 Å². The molecule has 2 aromatic carbocycles. The average Bonchev–Trinajstić information content (AvgIpc) is 3.32. The monoisotopic (exact) mass is 421 g/mol. The molecule has 0 unspecified atom stereocenters. The summed E-state index contributed by atoms with van der Waals surface area (Å²) < 4.78 is 30.8. The number of nitrogens with zero attached hydrogens (tertiary/aromatic N) is 2. The number of carbonyl (C=O) groups is 1. The second kappa shape index (κ2) is 7.20. The van der Waals surface area contributed by atoms with E-state index >= 15 is 0 Å². The van der Waals surface area contributed by atoms with E-state index in [9.17, 15) is 13.2 Å². The van der Waals surface area contributed by atoms with Crippen molar-refractivity contribution < 1.29 is 13.2 Å². The molecule has 0 aliphatic carbocycles. The third kappa shape index (κ3) is 3.58. The standard InChI is InChI=1S/C18H16ClN3O3S2/c19-12-3-8-16-15(11-12)17(26-21-16)18(23)20-13-4-6-14(7-5-13)27(24,25)22-9-1-2-10-22/h3-8,11H,1-2,9-10H2,(H,20,23). The number of anilines is 1. The SMILES string of the molecule is O=C(Nc1ccc(S(=O)(=O)N2CCCC2)cc1)c1snc2ccc(Cl)cc12. The van der Waals surface area contributed by atoms with E-state index in [1.807, 2.05) is 0 Å². The number of rotatable bonds is 4. The Hall–Kier alpha value is -2.00. The van der Waals surface area contributed by atoms with Gasteiger partial charge in [0.2, 0.25) is 10.0 Å². The van der Waals surface area contributed by atoms with Gasteiger partial charge in [-0.05, 0) is 66.8 Å². The number of sulfonamides is 1. The topological polar surface area (TPSA) is 79.4 Å². The van der Waals surface area contributed by atoms with Crippen molar-refractivity contribution in [3.63, 3.8) is 0 Å². The van der Waals surface area contributed by atoms with Crippen LogP contribution >= 0.6 is 23.1 Å². The highest BCUT2D eigenvalue weighted by molar-refractivity contribution is 7.89. The van der Waals surface area contributed by atoms with E-state index in [2.05, 4.69) is 9.69 Å². The van der Waals surface area contributed by atoms with Gasteiger partial charge in [0.15, 0.2) is 0 Å². The zero-order valence-corrected chi connectivity index (χ0v) is 16.6. The van der Waals surface area contributed by atoms with Crippen molar-refractivity contribution in [1.82, 2.24) is 8.68 Å². The van der Waals surface area contributed by atoms with Crippen molar-refractivity contribution in [3.8, 4) is 0 Å². The number of halogens is 1. The summed E-state index contributed by atoms with van der Waals surface area (Å²) in [6.45, 7) is 1.11. The number of aromatic nitrogens is 1. The fraction of sp³-hybridized carbons (Fsp3) is 0.222. The molecule has 1 fully saturated rings. The van der Waals surface area contributed by atoms with Gasteiger partial charge in [-0.1, -0.05) is 11.6 Å². The van der Waals surface area contributed by atoms with Gasteiger partial charge < -0.3 is 5.32 Å². The van der Waals surface area contributed by atoms with Crippen LogP contribution in [0.5, 0.6) is 0 Å². The molecule has 1 N–H and O–H groups in total. The van der Waals surface area contributed by atoms with Crippen molar-refractivity contribution in [3.05, 3.63) is 52.4 Å². The number of nitrogens with one attached hydrogen (secondary N) is 1. The molecule has 1 aliphatic heterocycles. The largest absolute Gasteiger partial charge is 0.321 e. The predicted octanol–water partition coefficient (Wildman–Crippen LogP) is 3.99. The summed E-state index contributed by atoms with van der Waals surface area (Å²) in [4.78, 5) is 13.3.